The maximum Gasteiger partial charge on any atom is 0.163 e. The van der Waals surface area contributed by atoms with Crippen LogP contribution < -0.4 is 0 Å². The largest absolute Gasteiger partial charge is 0.348 e. The van der Waals surface area contributed by atoms with Crippen LogP contribution in [0.15, 0.2) is 0 Å². The molecule has 1 saturated heterocycles. The second kappa shape index (κ2) is 3.11. The molecule has 2 atom stereocenters. The quantitative estimate of drug-likeness (QED) is 0.613. The highest BCUT2D eigenvalue weighted by Crippen LogP contribution is 2.27. The van der Waals surface area contributed by atoms with Gasteiger partial charge in [0.2, 0.25) is 0 Å². The van der Waals surface area contributed by atoms with Gasteiger partial charge in [-0.15, -0.1) is 0 Å². The van der Waals surface area contributed by atoms with Crippen molar-refractivity contribution in [3.8, 4) is 0 Å². The summed E-state index contributed by atoms with van der Waals surface area (Å²) in [4.78, 5) is 0. The minimum Gasteiger partial charge on any atom is -0.348 e. The van der Waals surface area contributed by atoms with Gasteiger partial charge >= 0.3 is 0 Å². The van der Waals surface area contributed by atoms with E-state index in [-0.39, 0.29) is 5.79 Å². The van der Waals surface area contributed by atoms with Crippen LogP contribution in [0.1, 0.15) is 34.1 Å². The summed E-state index contributed by atoms with van der Waals surface area (Å²) >= 11 is 0. The molecule has 1 heterocycles. The van der Waals surface area contributed by atoms with Crippen molar-refractivity contribution >= 4 is 0 Å². The van der Waals surface area contributed by atoms with Gasteiger partial charge in [0, 0.05) is 0 Å². The SMILES string of the molecule is CCC(C)C1COC(C)(C)O1. The lowest BCUT2D eigenvalue weighted by Crippen LogP contribution is -2.24. The van der Waals surface area contributed by atoms with E-state index in [4.69, 9.17) is 9.47 Å². The Morgan fingerprint density at radius 2 is 2.18 bits per heavy atom. The highest BCUT2D eigenvalue weighted by atomic mass is 16.7. The summed E-state index contributed by atoms with van der Waals surface area (Å²) in [6.07, 6.45) is 1.46. The lowest BCUT2D eigenvalue weighted by Gasteiger charge is -2.19. The fraction of sp³-hybridized carbons (Fsp3) is 1.00. The van der Waals surface area contributed by atoms with Crippen molar-refractivity contribution in [1.82, 2.24) is 0 Å². The summed E-state index contributed by atoms with van der Waals surface area (Å²) in [6.45, 7) is 9.07. The average molecular weight is 158 g/mol. The monoisotopic (exact) mass is 158 g/mol. The molecule has 0 bridgehead atoms. The molecule has 0 aromatic heterocycles. The van der Waals surface area contributed by atoms with Gasteiger partial charge in [-0.2, -0.15) is 0 Å². The molecule has 0 radical (unpaired) electrons. The molecule has 2 unspecified atom stereocenters. The molecular formula is C9H18O2. The lowest BCUT2D eigenvalue weighted by atomic mass is 10.0. The Morgan fingerprint density at radius 3 is 2.55 bits per heavy atom. The molecule has 0 aromatic carbocycles. The van der Waals surface area contributed by atoms with Crippen LogP contribution in [0.4, 0.5) is 0 Å². The summed E-state index contributed by atoms with van der Waals surface area (Å²) in [5.74, 6) is 0.255. The molecule has 0 aliphatic carbocycles. The van der Waals surface area contributed by atoms with Crippen molar-refractivity contribution in [1.29, 1.82) is 0 Å². The van der Waals surface area contributed by atoms with Crippen LogP contribution >= 0.6 is 0 Å². The second-order valence-electron chi connectivity index (χ2n) is 3.75. The van der Waals surface area contributed by atoms with E-state index in [1.807, 2.05) is 13.8 Å². The number of hydrogen-bond acceptors (Lipinski definition) is 2. The van der Waals surface area contributed by atoms with Gasteiger partial charge in [0.05, 0.1) is 12.7 Å². The maximum absolute atomic E-state index is 5.68. The standard InChI is InChI=1S/C9H18O2/c1-5-7(2)8-6-10-9(3,4)11-8/h7-8H,5-6H2,1-4H3. The van der Waals surface area contributed by atoms with Gasteiger partial charge in [-0.3, -0.25) is 0 Å². The number of rotatable bonds is 2. The van der Waals surface area contributed by atoms with Crippen molar-refractivity contribution in [3.63, 3.8) is 0 Å². The van der Waals surface area contributed by atoms with Crippen LogP contribution in [0.5, 0.6) is 0 Å². The number of ether oxygens (including phenoxy) is 2. The second-order valence-corrected chi connectivity index (χ2v) is 3.75. The number of hydrogen-bond donors (Lipinski definition) is 0. The van der Waals surface area contributed by atoms with E-state index in [1.54, 1.807) is 0 Å². The van der Waals surface area contributed by atoms with Crippen LogP contribution in [-0.4, -0.2) is 18.5 Å². The molecule has 0 aromatic rings. The molecule has 0 amide bonds. The predicted octanol–water partition coefficient (Wildman–Crippen LogP) is 2.18. The Morgan fingerprint density at radius 1 is 1.55 bits per heavy atom. The van der Waals surface area contributed by atoms with E-state index >= 15 is 0 Å². The van der Waals surface area contributed by atoms with Gasteiger partial charge in [-0.1, -0.05) is 20.3 Å². The van der Waals surface area contributed by atoms with Crippen molar-refractivity contribution in [2.24, 2.45) is 5.92 Å². The topological polar surface area (TPSA) is 18.5 Å². The Kier molecular flexibility index (Phi) is 2.55. The van der Waals surface area contributed by atoms with Crippen LogP contribution in [-0.2, 0) is 9.47 Å². The zero-order valence-electron chi connectivity index (χ0n) is 7.89. The molecule has 66 valence electrons. The van der Waals surface area contributed by atoms with E-state index in [9.17, 15) is 0 Å². The van der Waals surface area contributed by atoms with Crippen molar-refractivity contribution in [3.05, 3.63) is 0 Å². The summed E-state index contributed by atoms with van der Waals surface area (Å²) < 4.78 is 11.1. The third-order valence-electron chi connectivity index (χ3n) is 2.31. The fourth-order valence-electron chi connectivity index (χ4n) is 1.26. The fourth-order valence-corrected chi connectivity index (χ4v) is 1.26. The normalized spacial score (nSPS) is 32.2. The summed E-state index contributed by atoms with van der Waals surface area (Å²) in [5, 5.41) is 0. The van der Waals surface area contributed by atoms with E-state index in [0.29, 0.717) is 12.0 Å². The third kappa shape index (κ3) is 2.17. The minimum atomic E-state index is -0.353. The summed E-state index contributed by atoms with van der Waals surface area (Å²) in [6, 6.07) is 0. The zero-order chi connectivity index (χ0) is 8.48. The van der Waals surface area contributed by atoms with Gasteiger partial charge in [0.25, 0.3) is 0 Å². The van der Waals surface area contributed by atoms with Crippen molar-refractivity contribution in [2.45, 2.75) is 46.0 Å². The first-order chi connectivity index (χ1) is 5.05. The minimum absolute atomic E-state index is 0.301. The van der Waals surface area contributed by atoms with Crippen molar-refractivity contribution < 1.29 is 9.47 Å². The van der Waals surface area contributed by atoms with Crippen LogP contribution in [0, 0.1) is 5.92 Å². The molecule has 0 spiro atoms. The highest BCUT2D eigenvalue weighted by Gasteiger charge is 2.34. The first-order valence-corrected chi connectivity index (χ1v) is 4.37. The zero-order valence-corrected chi connectivity index (χ0v) is 7.89. The first kappa shape index (κ1) is 9.01. The van der Waals surface area contributed by atoms with E-state index in [1.165, 1.54) is 0 Å². The van der Waals surface area contributed by atoms with Crippen LogP contribution in [0.3, 0.4) is 0 Å². The summed E-state index contributed by atoms with van der Waals surface area (Å²) in [7, 11) is 0. The smallest absolute Gasteiger partial charge is 0.163 e. The van der Waals surface area contributed by atoms with Gasteiger partial charge < -0.3 is 9.47 Å². The molecule has 0 saturated carbocycles. The third-order valence-corrected chi connectivity index (χ3v) is 2.31. The molecule has 1 aliphatic rings. The van der Waals surface area contributed by atoms with Gasteiger partial charge in [0.1, 0.15) is 0 Å². The molecule has 2 nitrogen and oxygen atoms in total. The maximum atomic E-state index is 5.68. The Labute approximate surface area is 68.9 Å². The van der Waals surface area contributed by atoms with Gasteiger partial charge in [-0.05, 0) is 19.8 Å². The summed E-state index contributed by atoms with van der Waals surface area (Å²) in [5.41, 5.74) is 0. The van der Waals surface area contributed by atoms with Crippen LogP contribution in [0.2, 0.25) is 0 Å². The van der Waals surface area contributed by atoms with E-state index in [2.05, 4.69) is 13.8 Å². The molecule has 0 N–H and O–H groups in total. The van der Waals surface area contributed by atoms with Crippen molar-refractivity contribution in [2.75, 3.05) is 6.61 Å². The van der Waals surface area contributed by atoms with Gasteiger partial charge in [-0.25, -0.2) is 0 Å². The Hall–Kier alpha value is -0.0800. The predicted molar refractivity (Wildman–Crippen MR) is 44.4 cm³/mol. The molecular weight excluding hydrogens is 140 g/mol. The average Bonchev–Trinajstić information content (AvgIpc) is 2.29. The highest BCUT2D eigenvalue weighted by molar-refractivity contribution is 4.74. The Balaban J connectivity index is 2.41. The molecule has 1 rings (SSSR count). The lowest BCUT2D eigenvalue weighted by molar-refractivity contribution is -0.143. The molecule has 1 aliphatic heterocycles. The molecule has 11 heavy (non-hydrogen) atoms. The van der Waals surface area contributed by atoms with E-state index in [0.717, 1.165) is 13.0 Å². The van der Waals surface area contributed by atoms with E-state index < -0.39 is 0 Å². The Bertz CT molecular complexity index is 132. The molecule has 1 fully saturated rings. The molecule has 2 heteroatoms. The first-order valence-electron chi connectivity index (χ1n) is 4.37. The van der Waals surface area contributed by atoms with Crippen LogP contribution in [0.25, 0.3) is 0 Å². The van der Waals surface area contributed by atoms with Gasteiger partial charge in [0.15, 0.2) is 5.79 Å².